The number of rotatable bonds is 11. The largest absolute Gasteiger partial charge is 0.462 e. The summed E-state index contributed by atoms with van der Waals surface area (Å²) in [6.45, 7) is 16.4. The van der Waals surface area contributed by atoms with Gasteiger partial charge in [0.1, 0.15) is 30.5 Å². The van der Waals surface area contributed by atoms with E-state index in [4.69, 9.17) is 18.9 Å². The number of aliphatic hydroxyl groups is 2. The maximum atomic E-state index is 13.1. The summed E-state index contributed by atoms with van der Waals surface area (Å²) in [6, 6.07) is 0. The van der Waals surface area contributed by atoms with Gasteiger partial charge in [0.15, 0.2) is 6.10 Å². The monoisotopic (exact) mass is 622 g/mol. The zero-order chi connectivity index (χ0) is 33.1. The first kappa shape index (κ1) is 36.0. The van der Waals surface area contributed by atoms with Gasteiger partial charge in [0.25, 0.3) is 0 Å². The Kier molecular flexibility index (Phi) is 11.7. The van der Waals surface area contributed by atoms with E-state index in [1.54, 1.807) is 6.92 Å². The van der Waals surface area contributed by atoms with Crippen LogP contribution in [0.15, 0.2) is 11.6 Å². The first-order valence-electron chi connectivity index (χ1n) is 16.4. The van der Waals surface area contributed by atoms with Gasteiger partial charge >= 0.3 is 23.9 Å². The van der Waals surface area contributed by atoms with Gasteiger partial charge in [-0.15, -0.1) is 0 Å². The molecule has 0 aromatic heterocycles. The van der Waals surface area contributed by atoms with Gasteiger partial charge in [-0.2, -0.15) is 0 Å². The van der Waals surface area contributed by atoms with Crippen molar-refractivity contribution < 1.29 is 48.3 Å². The quantitative estimate of drug-likeness (QED) is 0.189. The highest BCUT2D eigenvalue weighted by atomic mass is 16.6. The molecule has 0 heterocycles. The van der Waals surface area contributed by atoms with Crippen LogP contribution in [0, 0.1) is 34.5 Å². The van der Waals surface area contributed by atoms with Crippen LogP contribution in [-0.4, -0.2) is 70.7 Å². The number of carbonyl (C=O) groups excluding carboxylic acids is 4. The third-order valence-electron chi connectivity index (χ3n) is 10.3. The van der Waals surface area contributed by atoms with Crippen LogP contribution in [0.4, 0.5) is 0 Å². The first-order chi connectivity index (χ1) is 20.6. The predicted molar refractivity (Wildman–Crippen MR) is 162 cm³/mol. The van der Waals surface area contributed by atoms with Gasteiger partial charge in [-0.05, 0) is 55.9 Å². The maximum absolute atomic E-state index is 13.1. The lowest BCUT2D eigenvalue weighted by Gasteiger charge is -2.58. The van der Waals surface area contributed by atoms with Crippen molar-refractivity contribution in [3.8, 4) is 0 Å². The molecule has 3 aliphatic carbocycles. The van der Waals surface area contributed by atoms with E-state index in [0.29, 0.717) is 24.8 Å². The van der Waals surface area contributed by atoms with Gasteiger partial charge in [0, 0.05) is 42.9 Å². The van der Waals surface area contributed by atoms with E-state index in [9.17, 15) is 29.4 Å². The van der Waals surface area contributed by atoms with E-state index in [2.05, 4.69) is 0 Å². The molecular formula is C34H54O10. The van der Waals surface area contributed by atoms with Gasteiger partial charge < -0.3 is 29.2 Å². The predicted octanol–water partition coefficient (Wildman–Crippen LogP) is 4.67. The molecule has 44 heavy (non-hydrogen) atoms. The summed E-state index contributed by atoms with van der Waals surface area (Å²) in [5, 5.41) is 23.7. The molecule has 0 aromatic rings. The van der Waals surface area contributed by atoms with Crippen LogP contribution < -0.4 is 0 Å². The Bertz CT molecular complexity index is 1100. The molecule has 2 fully saturated rings. The Morgan fingerprint density at radius 3 is 1.89 bits per heavy atom. The number of allylic oxidation sites excluding steroid dienone is 1. The number of esters is 4. The zero-order valence-electron chi connectivity index (χ0n) is 28.0. The van der Waals surface area contributed by atoms with Gasteiger partial charge in [-0.3, -0.25) is 19.2 Å². The smallest absolute Gasteiger partial charge is 0.306 e. The Labute approximate surface area is 262 Å². The van der Waals surface area contributed by atoms with Crippen LogP contribution in [0.25, 0.3) is 0 Å². The third-order valence-corrected chi connectivity index (χ3v) is 10.3. The Hall–Kier alpha value is -2.46. The van der Waals surface area contributed by atoms with Crippen LogP contribution >= 0.6 is 0 Å². The number of fused-ring (bicyclic) bond motifs is 3. The van der Waals surface area contributed by atoms with E-state index in [1.165, 1.54) is 6.92 Å². The molecule has 0 aliphatic heterocycles. The molecule has 3 rings (SSSR count). The van der Waals surface area contributed by atoms with Crippen LogP contribution in [0.5, 0.6) is 0 Å². The minimum absolute atomic E-state index is 0.0718. The SMILES string of the molecule is CCCC(=O)OC1C(C(C)C)C2C3C=C(C)C(O)C(OC(C)=O)C(OC(=O)CCC)C3(C)CC(OC(=O)CCC)C2(C)C1O. The summed E-state index contributed by atoms with van der Waals surface area (Å²) < 4.78 is 24.1. The molecule has 0 saturated heterocycles. The Morgan fingerprint density at radius 2 is 1.39 bits per heavy atom. The molecule has 10 heteroatoms. The van der Waals surface area contributed by atoms with Crippen LogP contribution in [-0.2, 0) is 38.1 Å². The molecule has 2 saturated carbocycles. The molecule has 0 aromatic carbocycles. The van der Waals surface area contributed by atoms with E-state index in [0.717, 1.165) is 0 Å². The molecule has 0 spiro atoms. The van der Waals surface area contributed by atoms with E-state index >= 15 is 0 Å². The lowest BCUT2D eigenvalue weighted by molar-refractivity contribution is -0.223. The van der Waals surface area contributed by atoms with Gasteiger partial charge in [-0.1, -0.05) is 54.5 Å². The van der Waals surface area contributed by atoms with Crippen molar-refractivity contribution in [1.82, 2.24) is 0 Å². The summed E-state index contributed by atoms with van der Waals surface area (Å²) in [7, 11) is 0. The molecule has 0 amide bonds. The highest BCUT2D eigenvalue weighted by Crippen LogP contribution is 2.67. The standard InChI is InChI=1S/C34H54O10/c1-10-13-23(36)42-22-17-33(8)21(16-19(6)28(39)30(41-20(7)35)32(33)44-25(38)15-12-3)27-26(18(4)5)29(31(40)34(22,27)9)43-24(37)14-11-2/h16,18,21-22,26-32,39-40H,10-15,17H2,1-9H3. The zero-order valence-corrected chi connectivity index (χ0v) is 28.0. The fraction of sp³-hybridized carbons (Fsp3) is 0.824. The van der Waals surface area contributed by atoms with Crippen molar-refractivity contribution in [1.29, 1.82) is 0 Å². The van der Waals surface area contributed by atoms with Gasteiger partial charge in [0.05, 0.1) is 0 Å². The minimum Gasteiger partial charge on any atom is -0.462 e. The van der Waals surface area contributed by atoms with Gasteiger partial charge in [-0.25, -0.2) is 0 Å². The van der Waals surface area contributed by atoms with Crippen molar-refractivity contribution in [2.24, 2.45) is 34.5 Å². The second kappa shape index (κ2) is 14.3. The summed E-state index contributed by atoms with van der Waals surface area (Å²) >= 11 is 0. The first-order valence-corrected chi connectivity index (χ1v) is 16.4. The second-order valence-electron chi connectivity index (χ2n) is 13.9. The van der Waals surface area contributed by atoms with Crippen molar-refractivity contribution >= 4 is 23.9 Å². The summed E-state index contributed by atoms with van der Waals surface area (Å²) in [6.07, 6.45) is -2.15. The topological polar surface area (TPSA) is 146 Å². The average Bonchev–Trinajstić information content (AvgIpc) is 3.11. The lowest BCUT2D eigenvalue weighted by Crippen LogP contribution is -2.63. The third kappa shape index (κ3) is 6.71. The number of aliphatic hydroxyl groups excluding tert-OH is 2. The van der Waals surface area contributed by atoms with Gasteiger partial charge in [0.2, 0.25) is 0 Å². The number of carbonyl (C=O) groups is 4. The van der Waals surface area contributed by atoms with Crippen molar-refractivity contribution in [2.75, 3.05) is 0 Å². The number of hydrogen-bond acceptors (Lipinski definition) is 10. The summed E-state index contributed by atoms with van der Waals surface area (Å²) in [5.74, 6) is -3.27. The van der Waals surface area contributed by atoms with Crippen molar-refractivity contribution in [2.45, 2.75) is 144 Å². The average molecular weight is 623 g/mol. The minimum atomic E-state index is -1.27. The van der Waals surface area contributed by atoms with Crippen LogP contribution in [0.2, 0.25) is 0 Å². The van der Waals surface area contributed by atoms with E-state index in [1.807, 2.05) is 54.5 Å². The Morgan fingerprint density at radius 1 is 0.864 bits per heavy atom. The highest BCUT2D eigenvalue weighted by Gasteiger charge is 2.72. The van der Waals surface area contributed by atoms with Crippen molar-refractivity contribution in [3.05, 3.63) is 11.6 Å². The Balaban J connectivity index is 2.31. The van der Waals surface area contributed by atoms with E-state index in [-0.39, 0.29) is 37.5 Å². The summed E-state index contributed by atoms with van der Waals surface area (Å²) in [5.41, 5.74) is -1.53. The van der Waals surface area contributed by atoms with Crippen molar-refractivity contribution in [3.63, 3.8) is 0 Å². The molecular weight excluding hydrogens is 568 g/mol. The van der Waals surface area contributed by atoms with Crippen LogP contribution in [0.3, 0.4) is 0 Å². The molecule has 0 bridgehead atoms. The highest BCUT2D eigenvalue weighted by molar-refractivity contribution is 5.71. The molecule has 2 N–H and O–H groups in total. The molecule has 11 unspecified atom stereocenters. The molecule has 0 radical (unpaired) electrons. The molecule has 10 nitrogen and oxygen atoms in total. The number of hydrogen-bond donors (Lipinski definition) is 2. The van der Waals surface area contributed by atoms with E-state index < -0.39 is 83.2 Å². The summed E-state index contributed by atoms with van der Waals surface area (Å²) in [4.78, 5) is 51.4. The molecule has 3 aliphatic rings. The fourth-order valence-electron chi connectivity index (χ4n) is 8.23. The second-order valence-corrected chi connectivity index (χ2v) is 13.9. The fourth-order valence-corrected chi connectivity index (χ4v) is 8.23. The maximum Gasteiger partial charge on any atom is 0.306 e. The normalized spacial score (nSPS) is 38.1. The molecule has 250 valence electrons. The molecule has 11 atom stereocenters. The van der Waals surface area contributed by atoms with Crippen LogP contribution in [0.1, 0.15) is 107 Å². The lowest BCUT2D eigenvalue weighted by atomic mass is 9.49. The number of ether oxygens (including phenoxy) is 4.